The average Bonchev–Trinajstić information content (AvgIpc) is 2.85. The molecule has 2 aromatic carbocycles. The minimum absolute atomic E-state index is 0.884. The SMILES string of the molecule is Brc1ccccc1.C=C(CCC)Cc1ccc(C)cc1.CC.CCC(C)C.CCCCC.CN. The molecule has 0 radical (unpaired) electrons. The Morgan fingerprint density at radius 2 is 1.26 bits per heavy atom. The Balaban J connectivity index is -0.000000183. The Morgan fingerprint density at radius 1 is 0.824 bits per heavy atom. The lowest BCUT2D eigenvalue weighted by molar-refractivity contribution is 0.626. The Bertz CT molecular complexity index is 601. The molecule has 0 aromatic heterocycles. The van der Waals surface area contributed by atoms with Crippen LogP contribution in [0, 0.1) is 12.8 Å². The highest BCUT2D eigenvalue weighted by Gasteiger charge is 1.95. The van der Waals surface area contributed by atoms with Crippen LogP contribution in [-0.4, -0.2) is 7.05 Å². The smallest absolute Gasteiger partial charge is 0.0175 e. The van der Waals surface area contributed by atoms with Crippen molar-refractivity contribution in [2.24, 2.45) is 11.7 Å². The molecule has 2 N–H and O–H groups in total. The molecule has 0 spiro atoms. The molecule has 0 aliphatic heterocycles. The van der Waals surface area contributed by atoms with Gasteiger partial charge in [0.05, 0.1) is 0 Å². The van der Waals surface area contributed by atoms with Gasteiger partial charge in [-0.1, -0.05) is 164 Å². The van der Waals surface area contributed by atoms with Crippen LogP contribution in [0.15, 0.2) is 71.2 Å². The van der Waals surface area contributed by atoms with Crippen molar-refractivity contribution in [2.75, 3.05) is 7.05 Å². The molecule has 0 fully saturated rings. The standard InChI is InChI=1S/C13H18.C6H5Br.2C5H12.C2H6.CH5N/c1-4-5-12(3)10-13-8-6-11(2)7-9-13;7-6-4-2-1-3-5-6;1-4-5(2)3;1-3-5-4-2;2*1-2/h6-9H,3-5,10H2,1-2H3;1-5H;5H,4H2,1-3H3;3-5H2,1-2H3;1-2H3;2H2,1H3. The summed E-state index contributed by atoms with van der Waals surface area (Å²) in [4.78, 5) is 0. The third-order valence-electron chi connectivity index (χ3n) is 4.43. The second kappa shape index (κ2) is 33.8. The van der Waals surface area contributed by atoms with Crippen molar-refractivity contribution < 1.29 is 0 Å². The number of nitrogens with two attached hydrogens (primary N) is 1. The lowest BCUT2D eigenvalue weighted by atomic mass is 10.0. The maximum absolute atomic E-state index is 4.50. The zero-order valence-electron chi connectivity index (χ0n) is 24.4. The molecule has 0 unspecified atom stereocenters. The predicted molar refractivity (Wildman–Crippen MR) is 165 cm³/mol. The maximum Gasteiger partial charge on any atom is 0.0175 e. The Kier molecular flexibility index (Phi) is 39.6. The number of unbranched alkanes of at least 4 members (excludes halogenated alkanes) is 2. The molecule has 2 rings (SSSR count). The summed E-state index contributed by atoms with van der Waals surface area (Å²) in [5.41, 5.74) is 8.54. The molecule has 0 saturated heterocycles. The van der Waals surface area contributed by atoms with Crippen LogP contribution in [0.2, 0.25) is 0 Å². The molecule has 0 saturated carbocycles. The van der Waals surface area contributed by atoms with Crippen molar-refractivity contribution in [1.29, 1.82) is 0 Å². The van der Waals surface area contributed by atoms with Crippen LogP contribution in [0.3, 0.4) is 0 Å². The molecule has 0 aliphatic carbocycles. The first kappa shape index (κ1) is 39.8. The van der Waals surface area contributed by atoms with Crippen LogP contribution in [0.4, 0.5) is 0 Å². The molecule has 34 heavy (non-hydrogen) atoms. The molecule has 0 heterocycles. The Morgan fingerprint density at radius 3 is 1.53 bits per heavy atom. The lowest BCUT2D eigenvalue weighted by Gasteiger charge is -2.04. The fourth-order valence-corrected chi connectivity index (χ4v) is 2.51. The molecule has 1 nitrogen and oxygen atoms in total. The van der Waals surface area contributed by atoms with Crippen LogP contribution in [0.5, 0.6) is 0 Å². The third kappa shape index (κ3) is 35.2. The number of allylic oxidation sites excluding steroid dienone is 1. The molecule has 0 atom stereocenters. The van der Waals surface area contributed by atoms with Gasteiger partial charge in [0, 0.05) is 4.47 Å². The maximum atomic E-state index is 4.50. The molecule has 0 bridgehead atoms. The second-order valence-corrected chi connectivity index (χ2v) is 9.03. The van der Waals surface area contributed by atoms with Gasteiger partial charge in [0.1, 0.15) is 0 Å². The van der Waals surface area contributed by atoms with Gasteiger partial charge in [-0.25, -0.2) is 0 Å². The van der Waals surface area contributed by atoms with Crippen LogP contribution in [-0.2, 0) is 6.42 Å². The summed E-state index contributed by atoms with van der Waals surface area (Å²) < 4.78 is 1.13. The first-order valence-electron chi connectivity index (χ1n) is 13.3. The van der Waals surface area contributed by atoms with Crippen molar-refractivity contribution in [3.63, 3.8) is 0 Å². The molecule has 2 heteroatoms. The summed E-state index contributed by atoms with van der Waals surface area (Å²) in [6, 6.07) is 18.7. The Hall–Kier alpha value is -1.38. The van der Waals surface area contributed by atoms with E-state index < -0.39 is 0 Å². The first-order chi connectivity index (χ1) is 16.3. The summed E-state index contributed by atoms with van der Waals surface area (Å²) in [7, 11) is 1.50. The quantitative estimate of drug-likeness (QED) is 0.350. The highest BCUT2D eigenvalue weighted by Crippen LogP contribution is 2.11. The van der Waals surface area contributed by atoms with Gasteiger partial charge in [-0.15, -0.1) is 0 Å². The zero-order chi connectivity index (χ0) is 27.2. The van der Waals surface area contributed by atoms with Gasteiger partial charge in [0.25, 0.3) is 0 Å². The van der Waals surface area contributed by atoms with Gasteiger partial charge in [0.2, 0.25) is 0 Å². The number of rotatable bonds is 7. The van der Waals surface area contributed by atoms with Gasteiger partial charge >= 0.3 is 0 Å². The average molecular weight is 537 g/mol. The van der Waals surface area contributed by atoms with E-state index in [1.165, 1.54) is 55.9 Å². The second-order valence-electron chi connectivity index (χ2n) is 8.11. The van der Waals surface area contributed by atoms with Crippen LogP contribution < -0.4 is 5.73 Å². The van der Waals surface area contributed by atoms with E-state index in [9.17, 15) is 0 Å². The monoisotopic (exact) mass is 535 g/mol. The lowest BCUT2D eigenvalue weighted by Crippen LogP contribution is -1.88. The minimum Gasteiger partial charge on any atom is -0.333 e. The van der Waals surface area contributed by atoms with E-state index in [-0.39, 0.29) is 0 Å². The minimum atomic E-state index is 0.884. The van der Waals surface area contributed by atoms with Crippen LogP contribution in [0.25, 0.3) is 0 Å². The van der Waals surface area contributed by atoms with E-state index in [0.717, 1.165) is 23.2 Å². The van der Waals surface area contributed by atoms with Gasteiger partial charge < -0.3 is 5.73 Å². The summed E-state index contributed by atoms with van der Waals surface area (Å²) in [6.45, 7) is 23.4. The largest absolute Gasteiger partial charge is 0.333 e. The molecule has 198 valence electrons. The summed E-state index contributed by atoms with van der Waals surface area (Å²) >= 11 is 3.31. The Labute approximate surface area is 223 Å². The van der Waals surface area contributed by atoms with E-state index in [4.69, 9.17) is 0 Å². The third-order valence-corrected chi connectivity index (χ3v) is 4.96. The van der Waals surface area contributed by atoms with Gasteiger partial charge in [-0.05, 0) is 50.4 Å². The molecule has 0 aliphatic rings. The fraction of sp³-hybridized carbons (Fsp3) is 0.562. The normalized spacial score (nSPS) is 8.62. The molecule has 2 aromatic rings. The zero-order valence-corrected chi connectivity index (χ0v) is 26.0. The predicted octanol–water partition coefficient (Wildman–Crippen LogP) is 11.2. The van der Waals surface area contributed by atoms with Crippen LogP contribution in [0.1, 0.15) is 105 Å². The van der Waals surface area contributed by atoms with Crippen molar-refractivity contribution >= 4 is 15.9 Å². The van der Waals surface area contributed by atoms with Gasteiger partial charge in [-0.2, -0.15) is 0 Å². The van der Waals surface area contributed by atoms with Crippen molar-refractivity contribution in [3.05, 3.63) is 82.3 Å². The summed E-state index contributed by atoms with van der Waals surface area (Å²) in [5, 5.41) is 0. The van der Waals surface area contributed by atoms with Gasteiger partial charge in [0.15, 0.2) is 0 Å². The highest BCUT2D eigenvalue weighted by atomic mass is 79.9. The molecular formula is C32H58BrN. The number of aryl methyl sites for hydroxylation is 1. The highest BCUT2D eigenvalue weighted by molar-refractivity contribution is 9.10. The van der Waals surface area contributed by atoms with E-state index in [2.05, 4.69) is 101 Å². The van der Waals surface area contributed by atoms with Crippen molar-refractivity contribution in [3.8, 4) is 0 Å². The summed E-state index contributed by atoms with van der Waals surface area (Å²) in [5.74, 6) is 0.884. The number of hydrogen-bond donors (Lipinski definition) is 1. The van der Waals surface area contributed by atoms with E-state index in [1.807, 2.05) is 44.2 Å². The number of hydrogen-bond acceptors (Lipinski definition) is 1. The number of halogens is 1. The van der Waals surface area contributed by atoms with E-state index in [0.29, 0.717) is 0 Å². The summed E-state index contributed by atoms with van der Waals surface area (Å²) in [6.07, 6.45) is 8.76. The fourth-order valence-electron chi connectivity index (χ4n) is 2.20. The van der Waals surface area contributed by atoms with Gasteiger partial charge in [-0.3, -0.25) is 0 Å². The van der Waals surface area contributed by atoms with Crippen molar-refractivity contribution in [1.82, 2.24) is 0 Å². The van der Waals surface area contributed by atoms with Crippen LogP contribution >= 0.6 is 15.9 Å². The topological polar surface area (TPSA) is 26.0 Å². The first-order valence-corrected chi connectivity index (χ1v) is 14.1. The van der Waals surface area contributed by atoms with Crippen molar-refractivity contribution in [2.45, 2.75) is 107 Å². The molecular weight excluding hydrogens is 478 g/mol. The number of benzene rings is 2. The van der Waals surface area contributed by atoms with E-state index >= 15 is 0 Å². The van der Waals surface area contributed by atoms with E-state index in [1.54, 1.807) is 0 Å². The molecule has 0 amide bonds.